The maximum atomic E-state index is 13.3. The van der Waals surface area contributed by atoms with E-state index in [1.807, 2.05) is 0 Å². The van der Waals surface area contributed by atoms with Crippen LogP contribution in [0, 0.1) is 12.8 Å². The van der Waals surface area contributed by atoms with Gasteiger partial charge >= 0.3 is 6.18 Å². The zero-order valence-corrected chi connectivity index (χ0v) is 14.2. The van der Waals surface area contributed by atoms with Crippen LogP contribution in [0.3, 0.4) is 0 Å². The molecule has 0 spiro atoms. The summed E-state index contributed by atoms with van der Waals surface area (Å²) >= 11 is 5.65. The molecule has 1 N–H and O–H groups in total. The second-order valence-corrected chi connectivity index (χ2v) is 6.31. The lowest BCUT2D eigenvalue weighted by Crippen LogP contribution is -2.29. The van der Waals surface area contributed by atoms with E-state index < -0.39 is 29.5 Å². The van der Waals surface area contributed by atoms with Crippen molar-refractivity contribution in [3.05, 3.63) is 40.6 Å². The van der Waals surface area contributed by atoms with E-state index in [1.54, 1.807) is 6.92 Å². The molecule has 6 nitrogen and oxygen atoms in total. The zero-order valence-electron chi connectivity index (χ0n) is 13.4. The third-order valence-electron chi connectivity index (χ3n) is 3.93. The van der Waals surface area contributed by atoms with Gasteiger partial charge in [-0.1, -0.05) is 16.8 Å². The Kier molecular flexibility index (Phi) is 4.66. The number of hydrogen-bond acceptors (Lipinski definition) is 4. The van der Waals surface area contributed by atoms with Gasteiger partial charge in [-0.25, -0.2) is 0 Å². The fourth-order valence-electron chi connectivity index (χ4n) is 2.74. The second kappa shape index (κ2) is 6.64. The molecule has 1 aromatic carbocycles. The molecule has 1 aliphatic rings. The van der Waals surface area contributed by atoms with Crippen LogP contribution in [-0.4, -0.2) is 23.5 Å². The van der Waals surface area contributed by atoms with E-state index in [0.717, 1.165) is 17.0 Å². The summed E-state index contributed by atoms with van der Waals surface area (Å²) in [6, 6.07) is 4.65. The van der Waals surface area contributed by atoms with Crippen molar-refractivity contribution in [1.82, 2.24) is 5.16 Å². The van der Waals surface area contributed by atoms with Crippen LogP contribution in [0.25, 0.3) is 0 Å². The van der Waals surface area contributed by atoms with Gasteiger partial charge in [0.1, 0.15) is 5.76 Å². The minimum absolute atomic E-state index is 0.0941. The molecule has 26 heavy (non-hydrogen) atoms. The van der Waals surface area contributed by atoms with Crippen molar-refractivity contribution in [3.8, 4) is 0 Å². The van der Waals surface area contributed by atoms with Gasteiger partial charge in [0.05, 0.1) is 17.2 Å². The number of amides is 2. The maximum Gasteiger partial charge on any atom is 0.418 e. The number of nitrogens with zero attached hydrogens (tertiary/aromatic N) is 2. The van der Waals surface area contributed by atoms with Crippen LogP contribution < -0.4 is 10.2 Å². The minimum atomic E-state index is -4.68. The summed E-state index contributed by atoms with van der Waals surface area (Å²) in [5, 5.41) is 6.00. The van der Waals surface area contributed by atoms with E-state index in [1.165, 1.54) is 12.1 Å². The van der Waals surface area contributed by atoms with Gasteiger partial charge in [0.2, 0.25) is 11.8 Å². The summed E-state index contributed by atoms with van der Waals surface area (Å²) in [4.78, 5) is 25.4. The normalized spacial score (nSPS) is 17.7. The molecular formula is C16H13ClF3N3O3. The number of rotatable bonds is 3. The number of benzene rings is 1. The average molecular weight is 388 g/mol. The minimum Gasteiger partial charge on any atom is -0.360 e. The molecule has 138 valence electrons. The van der Waals surface area contributed by atoms with Crippen LogP contribution in [0.2, 0.25) is 5.02 Å². The molecule has 1 saturated heterocycles. The first-order chi connectivity index (χ1) is 12.1. The molecule has 2 heterocycles. The summed E-state index contributed by atoms with van der Waals surface area (Å²) < 4.78 is 44.6. The van der Waals surface area contributed by atoms with Crippen molar-refractivity contribution in [2.75, 3.05) is 16.8 Å². The standard InChI is InChI=1S/C16H13ClF3N3O3/c1-8-4-13(22-26-8)21-15(25)9-5-14(24)23(7-9)12-3-2-10(17)6-11(12)16(18,19)20/h2-4,6,9H,5,7H2,1H3,(H,21,22,25). The molecule has 0 aliphatic carbocycles. The molecule has 1 aliphatic heterocycles. The Bertz CT molecular complexity index is 866. The van der Waals surface area contributed by atoms with Crippen molar-refractivity contribution in [1.29, 1.82) is 0 Å². The number of aromatic nitrogens is 1. The van der Waals surface area contributed by atoms with Crippen LogP contribution >= 0.6 is 11.6 Å². The number of carbonyl (C=O) groups excluding carboxylic acids is 2. The van der Waals surface area contributed by atoms with Gasteiger partial charge in [-0.2, -0.15) is 13.2 Å². The number of hydrogen-bond donors (Lipinski definition) is 1. The highest BCUT2D eigenvalue weighted by Crippen LogP contribution is 2.40. The lowest BCUT2D eigenvalue weighted by atomic mass is 10.1. The molecule has 1 aromatic heterocycles. The smallest absolute Gasteiger partial charge is 0.360 e. The van der Waals surface area contributed by atoms with Gasteiger partial charge in [0.15, 0.2) is 5.82 Å². The fraction of sp³-hybridized carbons (Fsp3) is 0.312. The predicted octanol–water partition coefficient (Wildman–Crippen LogP) is 3.65. The molecule has 1 atom stereocenters. The summed E-state index contributed by atoms with van der Waals surface area (Å²) in [6.07, 6.45) is -4.89. The molecule has 1 unspecified atom stereocenters. The summed E-state index contributed by atoms with van der Waals surface area (Å²) in [7, 11) is 0. The number of anilines is 2. The molecule has 3 rings (SSSR count). The van der Waals surface area contributed by atoms with Crippen LogP contribution in [0.5, 0.6) is 0 Å². The highest BCUT2D eigenvalue weighted by atomic mass is 35.5. The Morgan fingerprint density at radius 3 is 2.73 bits per heavy atom. The van der Waals surface area contributed by atoms with Crippen LogP contribution in [0.1, 0.15) is 17.7 Å². The highest BCUT2D eigenvalue weighted by molar-refractivity contribution is 6.30. The number of alkyl halides is 3. The molecule has 10 heteroatoms. The lowest BCUT2D eigenvalue weighted by molar-refractivity contribution is -0.137. The number of aryl methyl sites for hydroxylation is 1. The quantitative estimate of drug-likeness (QED) is 0.872. The molecule has 0 saturated carbocycles. The highest BCUT2D eigenvalue weighted by Gasteiger charge is 2.41. The second-order valence-electron chi connectivity index (χ2n) is 5.88. The monoisotopic (exact) mass is 387 g/mol. The zero-order chi connectivity index (χ0) is 19.1. The molecule has 2 amide bonds. The molecule has 1 fully saturated rings. The van der Waals surface area contributed by atoms with Gasteiger partial charge in [-0.05, 0) is 25.1 Å². The van der Waals surface area contributed by atoms with E-state index in [-0.39, 0.29) is 29.5 Å². The maximum absolute atomic E-state index is 13.3. The first kappa shape index (κ1) is 18.2. The predicted molar refractivity (Wildman–Crippen MR) is 86.8 cm³/mol. The van der Waals surface area contributed by atoms with Crippen molar-refractivity contribution in [2.24, 2.45) is 5.92 Å². The Morgan fingerprint density at radius 1 is 1.38 bits per heavy atom. The van der Waals surface area contributed by atoms with Gasteiger partial charge < -0.3 is 14.7 Å². The van der Waals surface area contributed by atoms with Crippen molar-refractivity contribution in [2.45, 2.75) is 19.5 Å². The Balaban J connectivity index is 1.81. The van der Waals surface area contributed by atoms with Crippen molar-refractivity contribution >= 4 is 34.9 Å². The third-order valence-corrected chi connectivity index (χ3v) is 4.16. The fourth-order valence-corrected chi connectivity index (χ4v) is 2.91. The van der Waals surface area contributed by atoms with E-state index in [0.29, 0.717) is 5.76 Å². The van der Waals surface area contributed by atoms with Gasteiger partial charge in [-0.15, -0.1) is 0 Å². The average Bonchev–Trinajstić information content (AvgIpc) is 3.12. The topological polar surface area (TPSA) is 75.4 Å². The van der Waals surface area contributed by atoms with E-state index >= 15 is 0 Å². The number of halogens is 4. The van der Waals surface area contributed by atoms with Gasteiger partial charge in [0, 0.05) is 24.1 Å². The Morgan fingerprint density at radius 2 is 2.12 bits per heavy atom. The summed E-state index contributed by atoms with van der Waals surface area (Å²) in [5.74, 6) is -1.23. The SMILES string of the molecule is Cc1cc(NC(=O)C2CC(=O)N(c3ccc(Cl)cc3C(F)(F)F)C2)no1. The summed E-state index contributed by atoms with van der Waals surface area (Å²) in [5.41, 5.74) is -1.34. The van der Waals surface area contributed by atoms with Crippen molar-refractivity contribution in [3.63, 3.8) is 0 Å². The molecule has 0 bridgehead atoms. The van der Waals surface area contributed by atoms with Gasteiger partial charge in [-0.3, -0.25) is 9.59 Å². The largest absolute Gasteiger partial charge is 0.418 e. The summed E-state index contributed by atoms with van der Waals surface area (Å²) in [6.45, 7) is 1.47. The molecular weight excluding hydrogens is 375 g/mol. The third kappa shape index (κ3) is 3.67. The first-order valence-corrected chi connectivity index (χ1v) is 7.94. The number of nitrogens with one attached hydrogen (secondary N) is 1. The van der Waals surface area contributed by atoms with Crippen molar-refractivity contribution < 1.29 is 27.3 Å². The van der Waals surface area contributed by atoms with E-state index in [9.17, 15) is 22.8 Å². The van der Waals surface area contributed by atoms with Crippen LogP contribution in [0.4, 0.5) is 24.7 Å². The first-order valence-electron chi connectivity index (χ1n) is 7.56. The van der Waals surface area contributed by atoms with E-state index in [2.05, 4.69) is 10.5 Å². The van der Waals surface area contributed by atoms with Crippen LogP contribution in [0.15, 0.2) is 28.8 Å². The van der Waals surface area contributed by atoms with Gasteiger partial charge in [0.25, 0.3) is 0 Å². The Hall–Kier alpha value is -2.55. The number of carbonyl (C=O) groups is 2. The molecule has 2 aromatic rings. The van der Waals surface area contributed by atoms with Crippen LogP contribution in [-0.2, 0) is 15.8 Å². The Labute approximate surface area is 150 Å². The molecule has 0 radical (unpaired) electrons. The lowest BCUT2D eigenvalue weighted by Gasteiger charge is -2.21. The van der Waals surface area contributed by atoms with E-state index in [4.69, 9.17) is 16.1 Å².